The SMILES string of the molecule is CC1(C)c2cc(-c3ccc4c(c3)c3cc(-c5ccccc5)ccc3n4-c3ccccc3)ccc2N(c2c(O)c(O)c(O)c(O)c2O)c2ccc3oc4ccccc4c3c21. The lowest BCUT2D eigenvalue weighted by molar-refractivity contribution is 0.329. The largest absolute Gasteiger partial charge is 0.503 e. The summed E-state index contributed by atoms with van der Waals surface area (Å²) < 4.78 is 8.65. The van der Waals surface area contributed by atoms with Gasteiger partial charge in [0.1, 0.15) is 16.9 Å². The molecule has 0 atom stereocenters. The number of furan rings is 1. The number of anilines is 3. The number of phenols is 5. The van der Waals surface area contributed by atoms with Gasteiger partial charge in [0, 0.05) is 32.6 Å². The minimum Gasteiger partial charge on any atom is -0.503 e. The lowest BCUT2D eigenvalue weighted by Crippen LogP contribution is -2.31. The van der Waals surface area contributed by atoms with Crippen molar-refractivity contribution in [2.24, 2.45) is 0 Å². The second-order valence-electron chi connectivity index (χ2n) is 15.7. The summed E-state index contributed by atoms with van der Waals surface area (Å²) in [5, 5.41) is 58.8. The third-order valence-electron chi connectivity index (χ3n) is 12.1. The normalized spacial score (nSPS) is 13.4. The summed E-state index contributed by atoms with van der Waals surface area (Å²) in [5.41, 5.74) is 10.7. The zero-order valence-electron chi connectivity index (χ0n) is 32.0. The van der Waals surface area contributed by atoms with Crippen LogP contribution in [0.4, 0.5) is 17.1 Å². The van der Waals surface area contributed by atoms with Crippen LogP contribution in [-0.2, 0) is 5.41 Å². The van der Waals surface area contributed by atoms with Crippen LogP contribution in [0, 0.1) is 0 Å². The average molecular weight is 773 g/mol. The average Bonchev–Trinajstić information content (AvgIpc) is 3.81. The quantitative estimate of drug-likeness (QED) is 0.0891. The van der Waals surface area contributed by atoms with Gasteiger partial charge in [-0.1, -0.05) is 98.8 Å². The molecule has 0 unspecified atom stereocenters. The first-order chi connectivity index (χ1) is 28.6. The molecule has 1 aliphatic heterocycles. The highest BCUT2D eigenvalue weighted by molar-refractivity contribution is 6.13. The maximum absolute atomic E-state index is 11.4. The summed E-state index contributed by atoms with van der Waals surface area (Å²) in [6.45, 7) is 4.28. The van der Waals surface area contributed by atoms with Gasteiger partial charge >= 0.3 is 0 Å². The molecule has 0 radical (unpaired) electrons. The zero-order chi connectivity index (χ0) is 40.3. The number of para-hydroxylation sites is 2. The molecule has 59 heavy (non-hydrogen) atoms. The Hall–Kier alpha value is -7.84. The Morgan fingerprint density at radius 1 is 0.458 bits per heavy atom. The molecule has 0 saturated heterocycles. The molecule has 11 rings (SSSR count). The Balaban J connectivity index is 1.17. The van der Waals surface area contributed by atoms with E-state index in [1.54, 1.807) is 4.90 Å². The van der Waals surface area contributed by atoms with Gasteiger partial charge in [-0.05, 0) is 100 Å². The number of benzene rings is 8. The minimum absolute atomic E-state index is 0.278. The molecule has 0 amide bonds. The number of aromatic nitrogens is 1. The predicted octanol–water partition coefficient (Wildman–Crippen LogP) is 12.7. The van der Waals surface area contributed by atoms with Gasteiger partial charge in [-0.2, -0.15) is 0 Å². The van der Waals surface area contributed by atoms with Crippen LogP contribution in [0.2, 0.25) is 0 Å². The fourth-order valence-corrected chi connectivity index (χ4v) is 9.29. The van der Waals surface area contributed by atoms with Crippen molar-refractivity contribution in [1.82, 2.24) is 4.57 Å². The Labute approximate surface area is 337 Å². The Morgan fingerprint density at radius 2 is 1.00 bits per heavy atom. The monoisotopic (exact) mass is 772 g/mol. The van der Waals surface area contributed by atoms with Crippen molar-refractivity contribution in [3.63, 3.8) is 0 Å². The highest BCUT2D eigenvalue weighted by Crippen LogP contribution is 2.63. The van der Waals surface area contributed by atoms with E-state index < -0.39 is 34.2 Å². The second-order valence-corrected chi connectivity index (χ2v) is 15.7. The molecule has 0 saturated carbocycles. The van der Waals surface area contributed by atoms with E-state index in [-0.39, 0.29) is 5.69 Å². The summed E-state index contributed by atoms with van der Waals surface area (Å²) >= 11 is 0. The molecule has 8 heteroatoms. The molecule has 8 nitrogen and oxygen atoms in total. The van der Waals surface area contributed by atoms with Gasteiger partial charge in [-0.15, -0.1) is 0 Å². The molecule has 2 aromatic heterocycles. The number of nitrogens with zero attached hydrogens (tertiary/aromatic N) is 2. The van der Waals surface area contributed by atoms with Gasteiger partial charge in [0.15, 0.2) is 11.5 Å². The van der Waals surface area contributed by atoms with Crippen LogP contribution in [0.15, 0.2) is 156 Å². The van der Waals surface area contributed by atoms with Crippen molar-refractivity contribution in [3.05, 3.63) is 163 Å². The van der Waals surface area contributed by atoms with Crippen LogP contribution < -0.4 is 4.90 Å². The third-order valence-corrected chi connectivity index (χ3v) is 12.1. The summed E-state index contributed by atoms with van der Waals surface area (Å²) in [4.78, 5) is 1.63. The molecule has 0 bridgehead atoms. The van der Waals surface area contributed by atoms with Crippen LogP contribution in [0.25, 0.3) is 71.7 Å². The minimum atomic E-state index is -1.02. The van der Waals surface area contributed by atoms with E-state index in [1.165, 1.54) is 0 Å². The molecular formula is C51H36N2O6. The fraction of sp³-hybridized carbons (Fsp3) is 0.0588. The van der Waals surface area contributed by atoms with Gasteiger partial charge in [0.05, 0.1) is 22.4 Å². The fourth-order valence-electron chi connectivity index (χ4n) is 9.29. The number of hydrogen-bond donors (Lipinski definition) is 5. The first kappa shape index (κ1) is 34.4. The molecule has 1 aliphatic rings. The van der Waals surface area contributed by atoms with E-state index >= 15 is 0 Å². The topological polar surface area (TPSA) is 122 Å². The molecule has 8 aromatic carbocycles. The van der Waals surface area contributed by atoms with Crippen molar-refractivity contribution in [2.75, 3.05) is 4.90 Å². The second kappa shape index (κ2) is 12.3. The summed E-state index contributed by atoms with van der Waals surface area (Å²) in [5.74, 6) is -4.49. The molecule has 5 N–H and O–H groups in total. The van der Waals surface area contributed by atoms with Gasteiger partial charge < -0.3 is 39.4 Å². The van der Waals surface area contributed by atoms with Crippen molar-refractivity contribution in [1.29, 1.82) is 0 Å². The van der Waals surface area contributed by atoms with Crippen LogP contribution in [0.5, 0.6) is 28.7 Å². The Bertz CT molecular complexity index is 3340. The molecule has 0 spiro atoms. The lowest BCUT2D eigenvalue weighted by atomic mass is 9.71. The number of phenolic OH excluding ortho intramolecular Hbond substituents is 5. The van der Waals surface area contributed by atoms with Gasteiger partial charge in [-0.25, -0.2) is 0 Å². The van der Waals surface area contributed by atoms with E-state index in [4.69, 9.17) is 4.42 Å². The molecule has 0 fully saturated rings. The van der Waals surface area contributed by atoms with Crippen LogP contribution in [-0.4, -0.2) is 30.1 Å². The summed E-state index contributed by atoms with van der Waals surface area (Å²) in [6, 6.07) is 51.5. The zero-order valence-corrected chi connectivity index (χ0v) is 32.0. The number of hydrogen-bond acceptors (Lipinski definition) is 7. The van der Waals surface area contributed by atoms with E-state index in [2.05, 4.69) is 109 Å². The van der Waals surface area contributed by atoms with E-state index in [1.807, 2.05) is 60.7 Å². The Morgan fingerprint density at radius 3 is 1.68 bits per heavy atom. The predicted molar refractivity (Wildman–Crippen MR) is 234 cm³/mol. The number of fused-ring (bicyclic) bond motifs is 9. The first-order valence-electron chi connectivity index (χ1n) is 19.4. The maximum Gasteiger partial charge on any atom is 0.208 e. The van der Waals surface area contributed by atoms with Crippen LogP contribution in [0.1, 0.15) is 25.0 Å². The Kier molecular flexibility index (Phi) is 7.19. The summed E-state index contributed by atoms with van der Waals surface area (Å²) in [7, 11) is 0. The molecular weight excluding hydrogens is 737 g/mol. The van der Waals surface area contributed by atoms with Crippen molar-refractivity contribution in [3.8, 4) is 56.7 Å². The van der Waals surface area contributed by atoms with Gasteiger partial charge in [-0.3, -0.25) is 0 Å². The number of aromatic hydroxyl groups is 5. The highest BCUT2D eigenvalue weighted by atomic mass is 16.4. The third kappa shape index (κ3) is 4.83. The summed E-state index contributed by atoms with van der Waals surface area (Å²) in [6.07, 6.45) is 0. The van der Waals surface area contributed by atoms with Crippen LogP contribution >= 0.6 is 0 Å². The lowest BCUT2D eigenvalue weighted by Gasteiger charge is -2.42. The van der Waals surface area contributed by atoms with E-state index in [0.29, 0.717) is 22.5 Å². The molecule has 3 heterocycles. The van der Waals surface area contributed by atoms with Crippen molar-refractivity contribution >= 4 is 60.8 Å². The smallest absolute Gasteiger partial charge is 0.208 e. The van der Waals surface area contributed by atoms with Crippen LogP contribution in [0.3, 0.4) is 0 Å². The van der Waals surface area contributed by atoms with Crippen molar-refractivity contribution in [2.45, 2.75) is 19.3 Å². The van der Waals surface area contributed by atoms with E-state index in [9.17, 15) is 25.5 Å². The van der Waals surface area contributed by atoms with E-state index in [0.717, 1.165) is 71.6 Å². The van der Waals surface area contributed by atoms with Crippen molar-refractivity contribution < 1.29 is 29.9 Å². The standard InChI is InChI=1S/C51H36N2O6/c1-51(2)36-27-31(30-18-21-38-35(26-30)34-25-29(28-11-5-3-6-12-28)17-20-37(34)52(38)32-13-7-4-8-14-32)19-22-39(36)53(45-46(54)48(56)50(58)49(57)47(45)55)40-23-24-42-43(44(40)51)33-15-9-10-16-41(33)59-42/h3-27,54-58H,1-2H3. The molecule has 0 aliphatic carbocycles. The van der Waals surface area contributed by atoms with Gasteiger partial charge in [0.2, 0.25) is 17.2 Å². The first-order valence-corrected chi connectivity index (χ1v) is 19.4. The highest BCUT2D eigenvalue weighted by Gasteiger charge is 2.42. The van der Waals surface area contributed by atoms with Gasteiger partial charge in [0.25, 0.3) is 0 Å². The maximum atomic E-state index is 11.4. The molecule has 286 valence electrons. The number of rotatable bonds is 4. The molecule has 10 aromatic rings.